The standard InChI is InChI=1S/C16H12N2O4/c1-21-16(20)11-3-2-4-12(7-11)18-15(19)10-5-6-14-13(8-10)17-9-22-14/h2-9H,1H3,(H,18,19). The monoisotopic (exact) mass is 296 g/mol. The van der Waals surface area contributed by atoms with Gasteiger partial charge in [0.25, 0.3) is 5.91 Å². The van der Waals surface area contributed by atoms with Crippen molar-refractivity contribution in [3.63, 3.8) is 0 Å². The van der Waals surface area contributed by atoms with Crippen molar-refractivity contribution in [3.05, 3.63) is 60.0 Å². The number of nitrogens with zero attached hydrogens (tertiary/aromatic N) is 1. The van der Waals surface area contributed by atoms with Crippen LogP contribution in [0.5, 0.6) is 0 Å². The van der Waals surface area contributed by atoms with E-state index in [2.05, 4.69) is 15.0 Å². The first kappa shape index (κ1) is 13.8. The Kier molecular flexibility index (Phi) is 3.57. The number of anilines is 1. The molecule has 1 N–H and O–H groups in total. The van der Waals surface area contributed by atoms with Crippen LogP contribution >= 0.6 is 0 Å². The zero-order chi connectivity index (χ0) is 15.5. The Labute approximate surface area is 125 Å². The van der Waals surface area contributed by atoms with E-state index in [1.165, 1.54) is 13.5 Å². The molecule has 6 nitrogen and oxygen atoms in total. The van der Waals surface area contributed by atoms with Crippen LogP contribution in [0.1, 0.15) is 20.7 Å². The van der Waals surface area contributed by atoms with Crippen LogP contribution in [0, 0.1) is 0 Å². The lowest BCUT2D eigenvalue weighted by atomic mass is 10.1. The van der Waals surface area contributed by atoms with Gasteiger partial charge in [-0.15, -0.1) is 0 Å². The van der Waals surface area contributed by atoms with Gasteiger partial charge in [-0.3, -0.25) is 4.79 Å². The highest BCUT2D eigenvalue weighted by molar-refractivity contribution is 6.06. The predicted molar refractivity (Wildman–Crippen MR) is 79.7 cm³/mol. The second-order valence-electron chi connectivity index (χ2n) is 4.56. The summed E-state index contributed by atoms with van der Waals surface area (Å²) in [5, 5.41) is 2.73. The fourth-order valence-corrected chi connectivity index (χ4v) is 2.04. The number of hydrogen-bond acceptors (Lipinski definition) is 5. The number of aromatic nitrogens is 1. The van der Waals surface area contributed by atoms with Crippen LogP contribution < -0.4 is 5.32 Å². The second-order valence-corrected chi connectivity index (χ2v) is 4.56. The molecular formula is C16H12N2O4. The van der Waals surface area contributed by atoms with Crippen LogP contribution in [0.3, 0.4) is 0 Å². The van der Waals surface area contributed by atoms with Gasteiger partial charge in [0, 0.05) is 11.3 Å². The number of benzene rings is 2. The van der Waals surface area contributed by atoms with Gasteiger partial charge in [-0.05, 0) is 36.4 Å². The van der Waals surface area contributed by atoms with Gasteiger partial charge in [0.05, 0.1) is 12.7 Å². The summed E-state index contributed by atoms with van der Waals surface area (Å²) in [6.07, 6.45) is 1.33. The number of esters is 1. The maximum atomic E-state index is 12.2. The van der Waals surface area contributed by atoms with Gasteiger partial charge in [0.2, 0.25) is 0 Å². The van der Waals surface area contributed by atoms with Crippen LogP contribution in [0.2, 0.25) is 0 Å². The zero-order valence-electron chi connectivity index (χ0n) is 11.7. The van der Waals surface area contributed by atoms with E-state index in [4.69, 9.17) is 4.42 Å². The molecule has 0 spiro atoms. The fraction of sp³-hybridized carbons (Fsp3) is 0.0625. The third-order valence-corrected chi connectivity index (χ3v) is 3.13. The Morgan fingerprint density at radius 2 is 2.00 bits per heavy atom. The molecule has 1 amide bonds. The predicted octanol–water partition coefficient (Wildman–Crippen LogP) is 2.87. The van der Waals surface area contributed by atoms with Gasteiger partial charge in [0.1, 0.15) is 5.52 Å². The number of carbonyl (C=O) groups is 2. The molecule has 3 rings (SSSR count). The minimum Gasteiger partial charge on any atom is -0.465 e. The lowest BCUT2D eigenvalue weighted by Crippen LogP contribution is -2.12. The summed E-state index contributed by atoms with van der Waals surface area (Å²) in [5.41, 5.74) is 2.55. The molecule has 110 valence electrons. The van der Waals surface area contributed by atoms with Gasteiger partial charge in [0.15, 0.2) is 12.0 Å². The molecule has 0 saturated heterocycles. The molecule has 0 aliphatic carbocycles. The molecule has 1 heterocycles. The summed E-state index contributed by atoms with van der Waals surface area (Å²) in [6, 6.07) is 11.5. The number of oxazole rings is 1. The first-order chi connectivity index (χ1) is 10.7. The van der Waals surface area contributed by atoms with Crippen molar-refractivity contribution in [3.8, 4) is 0 Å². The molecule has 0 aliphatic rings. The lowest BCUT2D eigenvalue weighted by Gasteiger charge is -2.06. The highest BCUT2D eigenvalue weighted by Crippen LogP contribution is 2.17. The van der Waals surface area contributed by atoms with E-state index in [1.54, 1.807) is 42.5 Å². The maximum Gasteiger partial charge on any atom is 0.337 e. The average molecular weight is 296 g/mol. The van der Waals surface area contributed by atoms with Crippen LogP contribution in [-0.4, -0.2) is 24.0 Å². The Morgan fingerprint density at radius 3 is 2.82 bits per heavy atom. The van der Waals surface area contributed by atoms with Gasteiger partial charge in [-0.25, -0.2) is 9.78 Å². The molecule has 0 unspecified atom stereocenters. The van der Waals surface area contributed by atoms with E-state index in [0.29, 0.717) is 27.9 Å². The SMILES string of the molecule is COC(=O)c1cccc(NC(=O)c2ccc3ocnc3c2)c1. The molecule has 22 heavy (non-hydrogen) atoms. The molecule has 0 aliphatic heterocycles. The first-order valence-corrected chi connectivity index (χ1v) is 6.50. The van der Waals surface area contributed by atoms with Crippen molar-refractivity contribution in [2.45, 2.75) is 0 Å². The van der Waals surface area contributed by atoms with E-state index in [1.807, 2.05) is 0 Å². The topological polar surface area (TPSA) is 81.4 Å². The highest BCUT2D eigenvalue weighted by atomic mass is 16.5. The summed E-state index contributed by atoms with van der Waals surface area (Å²) in [5.74, 6) is -0.757. The highest BCUT2D eigenvalue weighted by Gasteiger charge is 2.10. The third kappa shape index (κ3) is 2.67. The molecule has 6 heteroatoms. The summed E-state index contributed by atoms with van der Waals surface area (Å²) >= 11 is 0. The Balaban J connectivity index is 1.83. The second kappa shape index (κ2) is 5.69. The number of amides is 1. The van der Waals surface area contributed by atoms with Gasteiger partial charge in [-0.1, -0.05) is 6.07 Å². The number of rotatable bonds is 3. The lowest BCUT2D eigenvalue weighted by molar-refractivity contribution is 0.0600. The minimum absolute atomic E-state index is 0.299. The third-order valence-electron chi connectivity index (χ3n) is 3.13. The van der Waals surface area contributed by atoms with Gasteiger partial charge in [-0.2, -0.15) is 0 Å². The van der Waals surface area contributed by atoms with Crippen molar-refractivity contribution in [2.24, 2.45) is 0 Å². The van der Waals surface area contributed by atoms with Crippen LogP contribution in [0.15, 0.2) is 53.3 Å². The van der Waals surface area contributed by atoms with Crippen molar-refractivity contribution < 1.29 is 18.7 Å². The largest absolute Gasteiger partial charge is 0.465 e. The fourth-order valence-electron chi connectivity index (χ4n) is 2.04. The number of carbonyl (C=O) groups excluding carboxylic acids is 2. The average Bonchev–Trinajstić information content (AvgIpc) is 3.01. The van der Waals surface area contributed by atoms with E-state index in [9.17, 15) is 9.59 Å². The molecule has 0 bridgehead atoms. The van der Waals surface area contributed by atoms with Gasteiger partial charge >= 0.3 is 5.97 Å². The van der Waals surface area contributed by atoms with Crippen LogP contribution in [-0.2, 0) is 4.74 Å². The Morgan fingerprint density at radius 1 is 1.14 bits per heavy atom. The number of fused-ring (bicyclic) bond motifs is 1. The van der Waals surface area contributed by atoms with E-state index in [-0.39, 0.29) is 5.91 Å². The quantitative estimate of drug-likeness (QED) is 0.751. The minimum atomic E-state index is -0.458. The maximum absolute atomic E-state index is 12.2. The van der Waals surface area contributed by atoms with Crippen molar-refractivity contribution in [1.82, 2.24) is 4.98 Å². The van der Waals surface area contributed by atoms with Crippen molar-refractivity contribution in [1.29, 1.82) is 0 Å². The normalized spacial score (nSPS) is 10.4. The van der Waals surface area contributed by atoms with Crippen LogP contribution in [0.25, 0.3) is 11.1 Å². The molecule has 0 radical (unpaired) electrons. The molecule has 0 atom stereocenters. The molecular weight excluding hydrogens is 284 g/mol. The molecule has 1 aromatic heterocycles. The summed E-state index contributed by atoms with van der Waals surface area (Å²) in [7, 11) is 1.31. The van der Waals surface area contributed by atoms with Crippen molar-refractivity contribution in [2.75, 3.05) is 12.4 Å². The molecule has 0 saturated carbocycles. The van der Waals surface area contributed by atoms with E-state index >= 15 is 0 Å². The molecule has 2 aromatic carbocycles. The zero-order valence-corrected chi connectivity index (χ0v) is 11.7. The summed E-state index contributed by atoms with van der Waals surface area (Å²) in [4.78, 5) is 27.7. The summed E-state index contributed by atoms with van der Waals surface area (Å²) in [6.45, 7) is 0. The smallest absolute Gasteiger partial charge is 0.337 e. The van der Waals surface area contributed by atoms with Gasteiger partial charge < -0.3 is 14.5 Å². The number of hydrogen-bond donors (Lipinski definition) is 1. The first-order valence-electron chi connectivity index (χ1n) is 6.50. The van der Waals surface area contributed by atoms with Crippen molar-refractivity contribution >= 4 is 28.7 Å². The summed E-state index contributed by atoms with van der Waals surface area (Å²) < 4.78 is 9.78. The Bertz CT molecular complexity index is 854. The number of nitrogens with one attached hydrogen (secondary N) is 1. The molecule has 0 fully saturated rings. The molecule has 3 aromatic rings. The number of ether oxygens (including phenoxy) is 1. The van der Waals surface area contributed by atoms with E-state index < -0.39 is 5.97 Å². The number of methoxy groups -OCH3 is 1. The van der Waals surface area contributed by atoms with Crippen LogP contribution in [0.4, 0.5) is 5.69 Å². The van der Waals surface area contributed by atoms with E-state index in [0.717, 1.165) is 0 Å². The Hall–Kier alpha value is -3.15.